The summed E-state index contributed by atoms with van der Waals surface area (Å²) in [6.07, 6.45) is 0.368. The summed E-state index contributed by atoms with van der Waals surface area (Å²) in [5.41, 5.74) is 1.26. The zero-order valence-electron chi connectivity index (χ0n) is 12.6. The first-order valence-electron chi connectivity index (χ1n) is 7.14. The van der Waals surface area contributed by atoms with Crippen molar-refractivity contribution in [3.8, 4) is 0 Å². The van der Waals surface area contributed by atoms with Crippen LogP contribution in [0.5, 0.6) is 0 Å². The molecule has 0 aliphatic heterocycles. The van der Waals surface area contributed by atoms with Gasteiger partial charge in [-0.3, -0.25) is 9.32 Å². The van der Waals surface area contributed by atoms with Crippen LogP contribution in [0, 0.1) is 0 Å². The van der Waals surface area contributed by atoms with E-state index in [-0.39, 0.29) is 6.61 Å². The molecule has 3 N–H and O–H groups in total. The second kappa shape index (κ2) is 8.42. The molecule has 1 amide bonds. The zero-order valence-corrected chi connectivity index (χ0v) is 14.3. The first kappa shape index (κ1) is 18.6. The van der Waals surface area contributed by atoms with Crippen molar-refractivity contribution in [3.05, 3.63) is 70.7 Å². The van der Waals surface area contributed by atoms with Crippen molar-refractivity contribution in [2.45, 2.75) is 12.5 Å². The minimum absolute atomic E-state index is 0.314. The highest BCUT2D eigenvalue weighted by Crippen LogP contribution is 2.35. The Hall–Kier alpha value is -1.69. The summed E-state index contributed by atoms with van der Waals surface area (Å²) in [5, 5.41) is 3.14. The highest BCUT2D eigenvalue weighted by atomic mass is 35.5. The second-order valence-corrected chi connectivity index (χ2v) is 6.83. The molecule has 1 unspecified atom stereocenters. The maximum absolute atomic E-state index is 12.3. The lowest BCUT2D eigenvalue weighted by atomic mass is 10.1. The molecule has 8 heteroatoms. The SMILES string of the molecule is O=C(NC(COP(=O)(O)O)Cc1ccccc1)c1cccc(Cl)c1. The number of benzene rings is 2. The number of rotatable bonds is 7. The molecule has 0 heterocycles. The van der Waals surface area contributed by atoms with E-state index < -0.39 is 19.8 Å². The van der Waals surface area contributed by atoms with Crippen molar-refractivity contribution in [1.82, 2.24) is 5.32 Å². The van der Waals surface area contributed by atoms with E-state index in [4.69, 9.17) is 21.4 Å². The van der Waals surface area contributed by atoms with Gasteiger partial charge in [0, 0.05) is 10.6 Å². The molecule has 0 aliphatic carbocycles. The highest BCUT2D eigenvalue weighted by molar-refractivity contribution is 7.46. The summed E-state index contributed by atoms with van der Waals surface area (Å²) < 4.78 is 15.5. The van der Waals surface area contributed by atoms with Crippen LogP contribution in [-0.2, 0) is 15.5 Å². The predicted octanol–water partition coefficient (Wildman–Crippen LogP) is 2.79. The van der Waals surface area contributed by atoms with Crippen LogP contribution in [0.15, 0.2) is 54.6 Å². The van der Waals surface area contributed by atoms with Crippen LogP contribution in [0.3, 0.4) is 0 Å². The molecule has 2 rings (SSSR count). The molecule has 24 heavy (non-hydrogen) atoms. The van der Waals surface area contributed by atoms with Gasteiger partial charge in [0.2, 0.25) is 0 Å². The van der Waals surface area contributed by atoms with Gasteiger partial charge in [-0.05, 0) is 30.2 Å². The number of hydrogen-bond donors (Lipinski definition) is 3. The molecule has 0 bridgehead atoms. The normalized spacial score (nSPS) is 12.6. The molecule has 0 aliphatic rings. The van der Waals surface area contributed by atoms with Gasteiger partial charge in [-0.15, -0.1) is 0 Å². The van der Waals surface area contributed by atoms with Gasteiger partial charge >= 0.3 is 7.82 Å². The van der Waals surface area contributed by atoms with Crippen molar-refractivity contribution in [1.29, 1.82) is 0 Å². The van der Waals surface area contributed by atoms with Gasteiger partial charge in [-0.1, -0.05) is 48.0 Å². The van der Waals surface area contributed by atoms with E-state index in [2.05, 4.69) is 9.84 Å². The Kier molecular flexibility index (Phi) is 6.54. The fraction of sp³-hybridized carbons (Fsp3) is 0.188. The Balaban J connectivity index is 2.09. The first-order chi connectivity index (χ1) is 11.3. The van der Waals surface area contributed by atoms with Gasteiger partial charge < -0.3 is 15.1 Å². The summed E-state index contributed by atoms with van der Waals surface area (Å²) >= 11 is 5.87. The van der Waals surface area contributed by atoms with Crippen molar-refractivity contribution in [3.63, 3.8) is 0 Å². The van der Waals surface area contributed by atoms with E-state index in [0.29, 0.717) is 17.0 Å². The Morgan fingerprint density at radius 1 is 1.17 bits per heavy atom. The van der Waals surface area contributed by atoms with Gasteiger partial charge in [-0.2, -0.15) is 0 Å². The number of carbonyl (C=O) groups excluding carboxylic acids is 1. The largest absolute Gasteiger partial charge is 0.469 e. The Labute approximate surface area is 144 Å². The third kappa shape index (κ3) is 6.43. The first-order valence-corrected chi connectivity index (χ1v) is 9.05. The van der Waals surface area contributed by atoms with Gasteiger partial charge in [0.05, 0.1) is 12.6 Å². The molecule has 6 nitrogen and oxygen atoms in total. The topological polar surface area (TPSA) is 95.9 Å². The van der Waals surface area contributed by atoms with E-state index in [9.17, 15) is 9.36 Å². The number of halogens is 1. The Bertz CT molecular complexity index is 734. The van der Waals surface area contributed by atoms with E-state index in [1.165, 1.54) is 6.07 Å². The number of amides is 1. The number of hydrogen-bond acceptors (Lipinski definition) is 3. The molecule has 0 saturated heterocycles. The molecule has 0 radical (unpaired) electrons. The maximum atomic E-state index is 12.3. The fourth-order valence-electron chi connectivity index (χ4n) is 2.14. The van der Waals surface area contributed by atoms with Gasteiger partial charge in [0.1, 0.15) is 0 Å². The lowest BCUT2D eigenvalue weighted by Gasteiger charge is -2.19. The average Bonchev–Trinajstić information content (AvgIpc) is 2.53. The van der Waals surface area contributed by atoms with Crippen LogP contribution in [-0.4, -0.2) is 28.3 Å². The molecule has 2 aromatic rings. The van der Waals surface area contributed by atoms with E-state index in [1.54, 1.807) is 18.2 Å². The molecule has 0 fully saturated rings. The molecular weight excluding hydrogens is 353 g/mol. The minimum Gasteiger partial charge on any atom is -0.347 e. The molecule has 0 saturated carbocycles. The number of carbonyl (C=O) groups is 1. The molecule has 128 valence electrons. The van der Waals surface area contributed by atoms with Crippen molar-refractivity contribution in [2.24, 2.45) is 0 Å². The van der Waals surface area contributed by atoms with Crippen LogP contribution >= 0.6 is 19.4 Å². The zero-order chi connectivity index (χ0) is 17.6. The molecule has 0 spiro atoms. The maximum Gasteiger partial charge on any atom is 0.469 e. The van der Waals surface area contributed by atoms with Crippen molar-refractivity contribution >= 4 is 25.3 Å². The van der Waals surface area contributed by atoms with Gasteiger partial charge in [0.25, 0.3) is 5.91 Å². The summed E-state index contributed by atoms with van der Waals surface area (Å²) in [7, 11) is -4.62. The standard InChI is InChI=1S/C16H17ClNO5P/c17-14-8-4-7-13(10-14)16(19)18-15(11-23-24(20,21)22)9-12-5-2-1-3-6-12/h1-8,10,15H,9,11H2,(H,18,19)(H2,20,21,22). The third-order valence-corrected chi connectivity index (χ3v) is 3.91. The molecule has 0 aromatic heterocycles. The van der Waals surface area contributed by atoms with Crippen LogP contribution < -0.4 is 5.32 Å². The van der Waals surface area contributed by atoms with Crippen LogP contribution in [0.4, 0.5) is 0 Å². The molecule has 2 aromatic carbocycles. The third-order valence-electron chi connectivity index (χ3n) is 3.19. The van der Waals surface area contributed by atoms with Crippen LogP contribution in [0.25, 0.3) is 0 Å². The summed E-state index contributed by atoms with van der Waals surface area (Å²) in [6.45, 7) is -0.314. The smallest absolute Gasteiger partial charge is 0.347 e. The lowest BCUT2D eigenvalue weighted by Crippen LogP contribution is -2.39. The molecule has 1 atom stereocenters. The number of nitrogens with one attached hydrogen (secondary N) is 1. The monoisotopic (exact) mass is 369 g/mol. The summed E-state index contributed by atoms with van der Waals surface area (Å²) in [5.74, 6) is -0.396. The predicted molar refractivity (Wildman–Crippen MR) is 90.8 cm³/mol. The second-order valence-electron chi connectivity index (χ2n) is 5.16. The van der Waals surface area contributed by atoms with E-state index >= 15 is 0 Å². The Morgan fingerprint density at radius 3 is 2.50 bits per heavy atom. The van der Waals surface area contributed by atoms with Gasteiger partial charge in [-0.25, -0.2) is 4.57 Å². The number of phosphoric ester groups is 1. The van der Waals surface area contributed by atoms with E-state index in [1.807, 2.05) is 30.3 Å². The number of phosphoric acid groups is 1. The molecular formula is C16H17ClNO5P. The van der Waals surface area contributed by atoms with Gasteiger partial charge in [0.15, 0.2) is 0 Å². The van der Waals surface area contributed by atoms with Crippen molar-refractivity contribution < 1.29 is 23.7 Å². The summed E-state index contributed by atoms with van der Waals surface area (Å²) in [4.78, 5) is 30.1. The minimum atomic E-state index is -4.62. The van der Waals surface area contributed by atoms with Crippen LogP contribution in [0.1, 0.15) is 15.9 Å². The Morgan fingerprint density at radius 2 is 1.88 bits per heavy atom. The lowest BCUT2D eigenvalue weighted by molar-refractivity contribution is 0.0909. The average molecular weight is 370 g/mol. The van der Waals surface area contributed by atoms with Crippen LogP contribution in [0.2, 0.25) is 5.02 Å². The quantitative estimate of drug-likeness (QED) is 0.652. The highest BCUT2D eigenvalue weighted by Gasteiger charge is 2.20. The van der Waals surface area contributed by atoms with E-state index in [0.717, 1.165) is 5.56 Å². The summed E-state index contributed by atoms with van der Waals surface area (Å²) in [6, 6.07) is 15.1. The fourth-order valence-corrected chi connectivity index (χ4v) is 2.70. The van der Waals surface area contributed by atoms with Crippen molar-refractivity contribution in [2.75, 3.05) is 6.61 Å².